The summed E-state index contributed by atoms with van der Waals surface area (Å²) in [5.74, 6) is 0.0364. The second-order valence-electron chi connectivity index (χ2n) is 7.24. The van der Waals surface area contributed by atoms with E-state index in [4.69, 9.17) is 0 Å². The molecule has 9 nitrogen and oxygen atoms in total. The zero-order valence-electron chi connectivity index (χ0n) is 16.0. The molecule has 3 aromatic heterocycles. The number of amides is 1. The number of carbonyl (C=O) groups excluding carboxylic acids is 1. The van der Waals surface area contributed by atoms with Crippen molar-refractivity contribution < 1.29 is 9.90 Å². The molecule has 148 valence electrons. The number of carbonyl (C=O) groups is 1. The van der Waals surface area contributed by atoms with E-state index in [-0.39, 0.29) is 12.5 Å². The summed E-state index contributed by atoms with van der Waals surface area (Å²) >= 11 is 0. The van der Waals surface area contributed by atoms with Gasteiger partial charge in [0, 0.05) is 19.8 Å². The van der Waals surface area contributed by atoms with Gasteiger partial charge in [-0.1, -0.05) is 12.1 Å². The molecule has 5 rings (SSSR count). The number of aromatic nitrogens is 6. The van der Waals surface area contributed by atoms with E-state index in [1.807, 2.05) is 44.5 Å². The number of imidazole rings is 1. The van der Waals surface area contributed by atoms with E-state index in [1.165, 1.54) is 0 Å². The summed E-state index contributed by atoms with van der Waals surface area (Å²) in [7, 11) is 1.79. The molecule has 0 saturated heterocycles. The lowest BCUT2D eigenvalue weighted by Crippen LogP contribution is -2.40. The lowest BCUT2D eigenvalue weighted by Gasteiger charge is -2.27. The Balaban J connectivity index is 1.32. The van der Waals surface area contributed by atoms with E-state index >= 15 is 0 Å². The third-order valence-corrected chi connectivity index (χ3v) is 5.42. The first kappa shape index (κ1) is 17.6. The van der Waals surface area contributed by atoms with Crippen LogP contribution in [0.3, 0.4) is 0 Å². The van der Waals surface area contributed by atoms with E-state index in [2.05, 4.69) is 15.2 Å². The maximum Gasteiger partial charge on any atom is 0.242 e. The summed E-state index contributed by atoms with van der Waals surface area (Å²) in [5, 5.41) is 19.3. The number of para-hydroxylation sites is 2. The maximum absolute atomic E-state index is 12.9. The summed E-state index contributed by atoms with van der Waals surface area (Å²) in [6.45, 7) is 1.90. The zero-order chi connectivity index (χ0) is 20.0. The molecule has 0 fully saturated rings. The molecule has 1 atom stereocenters. The number of aliphatic hydroxyl groups is 1. The Morgan fingerprint density at radius 2 is 2.10 bits per heavy atom. The molecule has 0 saturated carbocycles. The lowest BCUT2D eigenvalue weighted by atomic mass is 10.1. The van der Waals surface area contributed by atoms with Crippen LogP contribution in [0.4, 0.5) is 0 Å². The van der Waals surface area contributed by atoms with Crippen LogP contribution in [-0.4, -0.2) is 51.6 Å². The van der Waals surface area contributed by atoms with Gasteiger partial charge in [0.05, 0.1) is 47.5 Å². The highest BCUT2D eigenvalue weighted by Crippen LogP contribution is 2.23. The number of aliphatic hydroxyl groups excluding tert-OH is 1. The van der Waals surface area contributed by atoms with Crippen LogP contribution >= 0.6 is 0 Å². The highest BCUT2D eigenvalue weighted by Gasteiger charge is 2.25. The van der Waals surface area contributed by atoms with Gasteiger partial charge in [-0.25, -0.2) is 4.98 Å². The van der Waals surface area contributed by atoms with Gasteiger partial charge in [0.1, 0.15) is 12.6 Å². The monoisotopic (exact) mass is 391 g/mol. The van der Waals surface area contributed by atoms with E-state index in [1.54, 1.807) is 30.3 Å². The first-order valence-electron chi connectivity index (χ1n) is 9.50. The van der Waals surface area contributed by atoms with Crippen molar-refractivity contribution in [2.45, 2.75) is 25.7 Å². The van der Waals surface area contributed by atoms with Crippen LogP contribution in [0.15, 0.2) is 48.9 Å². The lowest BCUT2D eigenvalue weighted by molar-refractivity contribution is -0.133. The van der Waals surface area contributed by atoms with Gasteiger partial charge in [-0.05, 0) is 24.3 Å². The smallest absolute Gasteiger partial charge is 0.242 e. The van der Waals surface area contributed by atoms with Crippen molar-refractivity contribution in [2.24, 2.45) is 7.05 Å². The largest absolute Gasteiger partial charge is 0.380 e. The quantitative estimate of drug-likeness (QED) is 0.562. The molecule has 0 bridgehead atoms. The molecule has 1 aliphatic heterocycles. The Kier molecular flexibility index (Phi) is 4.17. The van der Waals surface area contributed by atoms with Gasteiger partial charge >= 0.3 is 0 Å². The summed E-state index contributed by atoms with van der Waals surface area (Å²) < 4.78 is 5.38. The second kappa shape index (κ2) is 6.85. The highest BCUT2D eigenvalue weighted by molar-refractivity contribution is 5.80. The SMILES string of the molecule is Cn1nccc1C(O)c1cc2n(n1)CCN(C(=O)Cn1cnc3ccccc31)C2. The molecule has 1 amide bonds. The first-order chi connectivity index (χ1) is 14.1. The van der Waals surface area contributed by atoms with Gasteiger partial charge in [0.2, 0.25) is 5.91 Å². The Morgan fingerprint density at radius 3 is 2.93 bits per heavy atom. The van der Waals surface area contributed by atoms with Gasteiger partial charge in [0.15, 0.2) is 0 Å². The average molecular weight is 391 g/mol. The number of benzene rings is 1. The molecule has 4 aromatic rings. The summed E-state index contributed by atoms with van der Waals surface area (Å²) in [6.07, 6.45) is 2.51. The molecular weight excluding hydrogens is 370 g/mol. The Bertz CT molecular complexity index is 1190. The summed E-state index contributed by atoms with van der Waals surface area (Å²) in [5.41, 5.74) is 3.99. The van der Waals surface area contributed by atoms with Gasteiger partial charge in [-0.2, -0.15) is 10.2 Å². The second-order valence-corrected chi connectivity index (χ2v) is 7.24. The minimum Gasteiger partial charge on any atom is -0.380 e. The van der Waals surface area contributed by atoms with Crippen molar-refractivity contribution in [3.05, 3.63) is 66.0 Å². The van der Waals surface area contributed by atoms with Crippen LogP contribution in [-0.2, 0) is 31.5 Å². The minimum atomic E-state index is -0.845. The normalized spacial score (nSPS) is 14.9. The predicted octanol–water partition coefficient (Wildman–Crippen LogP) is 1.09. The zero-order valence-corrected chi connectivity index (χ0v) is 16.0. The van der Waals surface area contributed by atoms with Crippen molar-refractivity contribution in [1.29, 1.82) is 0 Å². The van der Waals surface area contributed by atoms with Crippen LogP contribution in [0.2, 0.25) is 0 Å². The number of hydrogen-bond acceptors (Lipinski definition) is 5. The van der Waals surface area contributed by atoms with Crippen LogP contribution < -0.4 is 0 Å². The molecule has 0 aliphatic carbocycles. The molecule has 1 N–H and O–H groups in total. The molecule has 0 radical (unpaired) electrons. The van der Waals surface area contributed by atoms with Crippen LogP contribution in [0.1, 0.15) is 23.2 Å². The van der Waals surface area contributed by atoms with E-state index in [0.29, 0.717) is 31.0 Å². The van der Waals surface area contributed by atoms with Gasteiger partial charge in [-0.15, -0.1) is 0 Å². The Labute approximate surface area is 166 Å². The standard InChI is InChI=1S/C20H21N7O2/c1-24-18(6-7-22-24)20(29)16-10-14-11-25(8-9-27(14)23-16)19(28)12-26-13-21-15-4-2-3-5-17(15)26/h2-7,10,13,20,29H,8-9,11-12H2,1H3. The molecule has 1 aliphatic rings. The average Bonchev–Trinajstić information content (AvgIpc) is 3.45. The third-order valence-electron chi connectivity index (χ3n) is 5.42. The van der Waals surface area contributed by atoms with E-state index in [9.17, 15) is 9.90 Å². The fourth-order valence-corrected chi connectivity index (χ4v) is 3.82. The van der Waals surface area contributed by atoms with Gasteiger partial charge < -0.3 is 14.6 Å². The fourth-order valence-electron chi connectivity index (χ4n) is 3.82. The topological polar surface area (TPSA) is 94.0 Å². The molecule has 1 aromatic carbocycles. The number of nitrogens with zero attached hydrogens (tertiary/aromatic N) is 7. The van der Waals surface area contributed by atoms with Crippen molar-refractivity contribution in [3.8, 4) is 0 Å². The number of hydrogen-bond donors (Lipinski definition) is 1. The summed E-state index contributed by atoms with van der Waals surface area (Å²) in [6, 6.07) is 11.4. The summed E-state index contributed by atoms with van der Waals surface area (Å²) in [4.78, 5) is 19.1. The highest BCUT2D eigenvalue weighted by atomic mass is 16.3. The number of rotatable bonds is 4. The van der Waals surface area contributed by atoms with E-state index in [0.717, 1.165) is 16.7 Å². The Morgan fingerprint density at radius 1 is 1.24 bits per heavy atom. The molecule has 9 heteroatoms. The molecule has 4 heterocycles. The number of aryl methyl sites for hydroxylation is 1. The molecule has 0 spiro atoms. The molecule has 29 heavy (non-hydrogen) atoms. The Hall–Kier alpha value is -3.46. The van der Waals surface area contributed by atoms with Crippen LogP contribution in [0.5, 0.6) is 0 Å². The van der Waals surface area contributed by atoms with Crippen molar-refractivity contribution in [1.82, 2.24) is 34.0 Å². The third kappa shape index (κ3) is 3.09. The predicted molar refractivity (Wildman–Crippen MR) is 105 cm³/mol. The molecular formula is C20H21N7O2. The van der Waals surface area contributed by atoms with Gasteiger partial charge in [0.25, 0.3) is 0 Å². The fraction of sp³-hybridized carbons (Fsp3) is 0.300. The van der Waals surface area contributed by atoms with Crippen molar-refractivity contribution in [3.63, 3.8) is 0 Å². The number of fused-ring (bicyclic) bond motifs is 2. The van der Waals surface area contributed by atoms with Crippen molar-refractivity contribution >= 4 is 16.9 Å². The van der Waals surface area contributed by atoms with Crippen LogP contribution in [0, 0.1) is 0 Å². The first-order valence-corrected chi connectivity index (χ1v) is 9.50. The molecule has 1 unspecified atom stereocenters. The minimum absolute atomic E-state index is 0.0364. The van der Waals surface area contributed by atoms with E-state index < -0.39 is 6.10 Å². The maximum atomic E-state index is 12.9. The van der Waals surface area contributed by atoms with Crippen LogP contribution in [0.25, 0.3) is 11.0 Å². The van der Waals surface area contributed by atoms with Gasteiger partial charge in [-0.3, -0.25) is 14.2 Å². The van der Waals surface area contributed by atoms with Crippen molar-refractivity contribution in [2.75, 3.05) is 6.54 Å².